The highest BCUT2D eigenvalue weighted by atomic mass is 19.4. The number of alkyl halides is 6. The Morgan fingerprint density at radius 2 is 1.70 bits per heavy atom. The maximum Gasteiger partial charge on any atom is 0.435 e. The van der Waals surface area contributed by atoms with Gasteiger partial charge in [0.15, 0.2) is 5.69 Å². The Morgan fingerprint density at radius 3 is 2.30 bits per heavy atom. The molecule has 1 aliphatic heterocycles. The van der Waals surface area contributed by atoms with Gasteiger partial charge in [0.25, 0.3) is 0 Å². The first-order valence-corrected chi connectivity index (χ1v) is 9.18. The minimum absolute atomic E-state index is 0.0771. The molecule has 0 bridgehead atoms. The molecule has 2 aromatic rings. The molecular formula is C17H20F6N6O. The minimum Gasteiger partial charge on any atom is -0.390 e. The SMILES string of the molecule is O[C@@H](CN1CCC(Nc2nccc(C(F)(F)F)n2)CC1)Cn1ccc(C(F)(F)F)n1. The molecule has 3 heterocycles. The molecule has 1 atom stereocenters. The number of anilines is 1. The van der Waals surface area contributed by atoms with E-state index in [9.17, 15) is 31.4 Å². The molecule has 0 saturated carbocycles. The van der Waals surface area contributed by atoms with Crippen molar-refractivity contribution in [3.05, 3.63) is 35.9 Å². The van der Waals surface area contributed by atoms with Crippen LogP contribution in [-0.4, -0.2) is 61.5 Å². The third-order valence-corrected chi connectivity index (χ3v) is 4.66. The quantitative estimate of drug-likeness (QED) is 0.676. The third kappa shape index (κ3) is 6.05. The first-order valence-electron chi connectivity index (χ1n) is 9.18. The molecular weight excluding hydrogens is 418 g/mol. The van der Waals surface area contributed by atoms with Gasteiger partial charge in [0, 0.05) is 38.1 Å². The van der Waals surface area contributed by atoms with E-state index in [0.717, 1.165) is 29.2 Å². The Bertz CT molecular complexity index is 831. The molecule has 0 radical (unpaired) electrons. The van der Waals surface area contributed by atoms with Crippen LogP contribution in [0.2, 0.25) is 0 Å². The van der Waals surface area contributed by atoms with E-state index in [4.69, 9.17) is 0 Å². The summed E-state index contributed by atoms with van der Waals surface area (Å²) < 4.78 is 76.9. The average Bonchev–Trinajstić information content (AvgIpc) is 3.12. The molecule has 1 saturated heterocycles. The Hall–Kier alpha value is -2.41. The second-order valence-electron chi connectivity index (χ2n) is 7.06. The molecule has 7 nitrogen and oxygen atoms in total. The summed E-state index contributed by atoms with van der Waals surface area (Å²) in [6, 6.07) is 1.52. The predicted molar refractivity (Wildman–Crippen MR) is 93.4 cm³/mol. The molecule has 0 aliphatic carbocycles. The zero-order valence-corrected chi connectivity index (χ0v) is 15.7. The number of nitrogens with one attached hydrogen (secondary N) is 1. The second-order valence-corrected chi connectivity index (χ2v) is 7.06. The average molecular weight is 438 g/mol. The van der Waals surface area contributed by atoms with Crippen LogP contribution >= 0.6 is 0 Å². The van der Waals surface area contributed by atoms with Crippen LogP contribution in [0.4, 0.5) is 32.3 Å². The van der Waals surface area contributed by atoms with Crippen LogP contribution in [-0.2, 0) is 18.9 Å². The number of piperidine rings is 1. The Labute approximate surface area is 167 Å². The number of hydrogen-bond acceptors (Lipinski definition) is 6. The van der Waals surface area contributed by atoms with Crippen LogP contribution in [0, 0.1) is 0 Å². The minimum atomic E-state index is -4.55. The van der Waals surface area contributed by atoms with Crippen molar-refractivity contribution >= 4 is 5.95 Å². The lowest BCUT2D eigenvalue weighted by molar-refractivity contribution is -0.142. The van der Waals surface area contributed by atoms with Gasteiger partial charge in [-0.15, -0.1) is 0 Å². The summed E-state index contributed by atoms with van der Waals surface area (Å²) in [5.74, 6) is -0.0949. The molecule has 13 heteroatoms. The number of halogens is 6. The number of β-amino-alcohol motifs (C(OH)–C–C–N with tert-alkyl or cyclic N) is 1. The van der Waals surface area contributed by atoms with Crippen LogP contribution < -0.4 is 5.32 Å². The monoisotopic (exact) mass is 438 g/mol. The number of nitrogens with zero attached hydrogens (tertiary/aromatic N) is 5. The normalized spacial score (nSPS) is 17.8. The summed E-state index contributed by atoms with van der Waals surface area (Å²) in [5.41, 5.74) is -2.04. The zero-order chi connectivity index (χ0) is 21.9. The lowest BCUT2D eigenvalue weighted by Crippen LogP contribution is -2.43. The summed E-state index contributed by atoms with van der Waals surface area (Å²) in [6.45, 7) is 1.28. The second kappa shape index (κ2) is 8.76. The summed E-state index contributed by atoms with van der Waals surface area (Å²) in [5, 5.41) is 16.4. The summed E-state index contributed by atoms with van der Waals surface area (Å²) in [7, 11) is 0. The van der Waals surface area contributed by atoms with Crippen molar-refractivity contribution in [3.8, 4) is 0 Å². The van der Waals surface area contributed by atoms with Crippen molar-refractivity contribution in [2.75, 3.05) is 25.0 Å². The van der Waals surface area contributed by atoms with Gasteiger partial charge in [0.2, 0.25) is 5.95 Å². The van der Waals surface area contributed by atoms with Crippen LogP contribution in [0.15, 0.2) is 24.5 Å². The first-order chi connectivity index (χ1) is 14.0. The van der Waals surface area contributed by atoms with Gasteiger partial charge in [0.1, 0.15) is 5.69 Å². The number of rotatable bonds is 6. The van der Waals surface area contributed by atoms with Crippen molar-refractivity contribution in [2.24, 2.45) is 0 Å². The van der Waals surface area contributed by atoms with Crippen molar-refractivity contribution in [1.82, 2.24) is 24.6 Å². The highest BCUT2D eigenvalue weighted by molar-refractivity contribution is 5.27. The molecule has 2 N–H and O–H groups in total. The summed E-state index contributed by atoms with van der Waals surface area (Å²) >= 11 is 0. The third-order valence-electron chi connectivity index (χ3n) is 4.66. The molecule has 3 rings (SSSR count). The molecule has 30 heavy (non-hydrogen) atoms. The molecule has 166 valence electrons. The largest absolute Gasteiger partial charge is 0.435 e. The number of likely N-dealkylation sites (tertiary alicyclic amines) is 1. The fourth-order valence-electron chi connectivity index (χ4n) is 3.21. The van der Waals surface area contributed by atoms with Crippen molar-refractivity contribution in [2.45, 2.75) is 43.9 Å². The van der Waals surface area contributed by atoms with Gasteiger partial charge in [-0.25, -0.2) is 9.97 Å². The molecule has 1 aliphatic rings. The molecule has 0 amide bonds. The topological polar surface area (TPSA) is 79.1 Å². The Balaban J connectivity index is 1.45. The predicted octanol–water partition coefficient (Wildman–Crippen LogP) is 2.65. The van der Waals surface area contributed by atoms with E-state index in [1.54, 1.807) is 0 Å². The number of aromatic nitrogens is 4. The van der Waals surface area contributed by atoms with Crippen LogP contribution in [0.25, 0.3) is 0 Å². The highest BCUT2D eigenvalue weighted by Gasteiger charge is 2.34. The molecule has 2 aromatic heterocycles. The number of aliphatic hydroxyl groups is 1. The number of hydrogen-bond donors (Lipinski definition) is 2. The van der Waals surface area contributed by atoms with E-state index in [2.05, 4.69) is 20.4 Å². The van der Waals surface area contributed by atoms with Crippen molar-refractivity contribution in [3.63, 3.8) is 0 Å². The van der Waals surface area contributed by atoms with Crippen molar-refractivity contribution < 1.29 is 31.4 Å². The molecule has 1 fully saturated rings. The molecule has 0 aromatic carbocycles. The van der Waals surface area contributed by atoms with Crippen LogP contribution in [0.1, 0.15) is 24.2 Å². The van der Waals surface area contributed by atoms with E-state index in [1.807, 2.05) is 4.90 Å². The number of aliphatic hydroxyl groups excluding tert-OH is 1. The molecule has 0 spiro atoms. The van der Waals surface area contributed by atoms with Gasteiger partial charge in [-0.3, -0.25) is 4.68 Å². The van der Waals surface area contributed by atoms with Gasteiger partial charge < -0.3 is 15.3 Å². The lowest BCUT2D eigenvalue weighted by atomic mass is 10.0. The maximum atomic E-state index is 12.7. The highest BCUT2D eigenvalue weighted by Crippen LogP contribution is 2.28. The van der Waals surface area contributed by atoms with Gasteiger partial charge in [-0.2, -0.15) is 31.4 Å². The Morgan fingerprint density at radius 1 is 1.03 bits per heavy atom. The fraction of sp³-hybridized carbons (Fsp3) is 0.588. The van der Waals surface area contributed by atoms with E-state index >= 15 is 0 Å². The fourth-order valence-corrected chi connectivity index (χ4v) is 3.21. The smallest absolute Gasteiger partial charge is 0.390 e. The summed E-state index contributed by atoms with van der Waals surface area (Å²) in [4.78, 5) is 9.23. The van der Waals surface area contributed by atoms with Gasteiger partial charge in [-0.05, 0) is 25.0 Å². The van der Waals surface area contributed by atoms with Crippen LogP contribution in [0.5, 0.6) is 0 Å². The van der Waals surface area contributed by atoms with Gasteiger partial charge >= 0.3 is 12.4 Å². The zero-order valence-electron chi connectivity index (χ0n) is 15.7. The maximum absolute atomic E-state index is 12.7. The van der Waals surface area contributed by atoms with E-state index in [0.29, 0.717) is 25.9 Å². The van der Waals surface area contributed by atoms with E-state index < -0.39 is 29.8 Å². The Kier molecular flexibility index (Phi) is 6.50. The van der Waals surface area contributed by atoms with Gasteiger partial charge in [-0.1, -0.05) is 0 Å². The van der Waals surface area contributed by atoms with Crippen LogP contribution in [0.3, 0.4) is 0 Å². The van der Waals surface area contributed by atoms with E-state index in [1.165, 1.54) is 0 Å². The van der Waals surface area contributed by atoms with E-state index in [-0.39, 0.29) is 25.1 Å². The van der Waals surface area contributed by atoms with Gasteiger partial charge in [0.05, 0.1) is 12.6 Å². The lowest BCUT2D eigenvalue weighted by Gasteiger charge is -2.33. The summed E-state index contributed by atoms with van der Waals surface area (Å²) in [6.07, 6.45) is -6.61. The first kappa shape index (κ1) is 22.3. The van der Waals surface area contributed by atoms with Crippen molar-refractivity contribution in [1.29, 1.82) is 0 Å². The molecule has 0 unspecified atom stereocenters. The standard InChI is InChI=1S/C17H20F6N6O/c18-16(19,20)13-1-5-24-15(26-13)25-11-2-6-28(7-3-11)9-12(30)10-29-8-4-14(27-29)17(21,22)23/h1,4-5,8,11-12,30H,2-3,6-7,9-10H2,(H,24,25,26)/t12-/m0/s1.